The Morgan fingerprint density at radius 2 is 1.95 bits per heavy atom. The van der Waals surface area contributed by atoms with Gasteiger partial charge in [-0.3, -0.25) is 0 Å². The fourth-order valence-corrected chi connectivity index (χ4v) is 2.15. The van der Waals surface area contributed by atoms with Crippen LogP contribution in [0.2, 0.25) is 0 Å². The van der Waals surface area contributed by atoms with Crippen molar-refractivity contribution in [1.82, 2.24) is 0 Å². The van der Waals surface area contributed by atoms with Crippen LogP contribution in [-0.4, -0.2) is 19.2 Å². The number of benzene rings is 1. The molecule has 3 nitrogen and oxygen atoms in total. The second-order valence-electron chi connectivity index (χ2n) is 5.13. The maximum Gasteiger partial charge on any atom is 0.147 e. The molecule has 1 aromatic carbocycles. The smallest absolute Gasteiger partial charge is 0.147 e. The minimum atomic E-state index is -0.0477. The standard InChI is InChI=1S/C17H24O3/c1-4-16(10-11-18)17(14(2)3)20-13-19-12-15-8-6-5-7-9-15/h4-9,11,14,16-17H,1,10,12-13H2,2-3H3/t16-,17+/m0/s1. The molecule has 0 aliphatic heterocycles. The number of carbonyl (C=O) groups is 1. The van der Waals surface area contributed by atoms with Gasteiger partial charge in [0, 0.05) is 12.3 Å². The summed E-state index contributed by atoms with van der Waals surface area (Å²) in [6.45, 7) is 8.67. The van der Waals surface area contributed by atoms with E-state index < -0.39 is 0 Å². The zero-order valence-corrected chi connectivity index (χ0v) is 12.3. The summed E-state index contributed by atoms with van der Waals surface area (Å²) in [5.74, 6) is 0.339. The SMILES string of the molecule is C=C[C@@H](CC=O)[C@H](OCOCc1ccccc1)C(C)C. The van der Waals surface area contributed by atoms with Crippen LogP contribution in [-0.2, 0) is 20.9 Å². The molecule has 0 aliphatic rings. The Labute approximate surface area is 121 Å². The largest absolute Gasteiger partial charge is 0.351 e. The van der Waals surface area contributed by atoms with Crippen LogP contribution in [0.4, 0.5) is 0 Å². The summed E-state index contributed by atoms with van der Waals surface area (Å²) in [7, 11) is 0. The predicted molar refractivity (Wildman–Crippen MR) is 80.2 cm³/mol. The number of carbonyl (C=O) groups excluding carboxylic acids is 1. The molecule has 0 amide bonds. The van der Waals surface area contributed by atoms with E-state index in [1.807, 2.05) is 30.3 Å². The Balaban J connectivity index is 2.39. The lowest BCUT2D eigenvalue weighted by atomic mass is 9.91. The highest BCUT2D eigenvalue weighted by Crippen LogP contribution is 2.20. The number of hydrogen-bond donors (Lipinski definition) is 0. The van der Waals surface area contributed by atoms with E-state index in [0.717, 1.165) is 11.8 Å². The van der Waals surface area contributed by atoms with Gasteiger partial charge in [-0.2, -0.15) is 0 Å². The molecule has 0 bridgehead atoms. The molecule has 0 spiro atoms. The summed E-state index contributed by atoms with van der Waals surface area (Å²) >= 11 is 0. The van der Waals surface area contributed by atoms with Gasteiger partial charge in [0.25, 0.3) is 0 Å². The van der Waals surface area contributed by atoms with Crippen LogP contribution >= 0.6 is 0 Å². The van der Waals surface area contributed by atoms with E-state index in [-0.39, 0.29) is 18.8 Å². The third-order valence-corrected chi connectivity index (χ3v) is 3.21. The monoisotopic (exact) mass is 276 g/mol. The lowest BCUT2D eigenvalue weighted by molar-refractivity contribution is -0.125. The molecule has 0 aromatic heterocycles. The summed E-state index contributed by atoms with van der Waals surface area (Å²) < 4.78 is 11.3. The van der Waals surface area contributed by atoms with E-state index in [9.17, 15) is 4.79 Å². The fourth-order valence-electron chi connectivity index (χ4n) is 2.15. The van der Waals surface area contributed by atoms with Gasteiger partial charge >= 0.3 is 0 Å². The molecule has 0 N–H and O–H groups in total. The van der Waals surface area contributed by atoms with Crippen LogP contribution in [0, 0.1) is 11.8 Å². The van der Waals surface area contributed by atoms with Gasteiger partial charge in [0.05, 0.1) is 12.7 Å². The van der Waals surface area contributed by atoms with Crippen molar-refractivity contribution in [2.75, 3.05) is 6.79 Å². The van der Waals surface area contributed by atoms with Crippen molar-refractivity contribution in [1.29, 1.82) is 0 Å². The van der Waals surface area contributed by atoms with E-state index >= 15 is 0 Å². The van der Waals surface area contributed by atoms with Crippen molar-refractivity contribution in [3.8, 4) is 0 Å². The first-order chi connectivity index (χ1) is 9.69. The van der Waals surface area contributed by atoms with E-state index in [0.29, 0.717) is 18.9 Å². The van der Waals surface area contributed by atoms with E-state index in [1.54, 1.807) is 6.08 Å². The van der Waals surface area contributed by atoms with Crippen molar-refractivity contribution >= 4 is 6.29 Å². The van der Waals surface area contributed by atoms with Crippen molar-refractivity contribution in [3.05, 3.63) is 48.6 Å². The first-order valence-electron chi connectivity index (χ1n) is 6.98. The highest BCUT2D eigenvalue weighted by atomic mass is 16.7. The van der Waals surface area contributed by atoms with E-state index in [4.69, 9.17) is 9.47 Å². The number of aldehydes is 1. The Morgan fingerprint density at radius 3 is 2.50 bits per heavy atom. The second-order valence-corrected chi connectivity index (χ2v) is 5.13. The fraction of sp³-hybridized carbons (Fsp3) is 0.471. The van der Waals surface area contributed by atoms with Crippen LogP contribution < -0.4 is 0 Å². The van der Waals surface area contributed by atoms with E-state index in [1.165, 1.54) is 0 Å². The molecule has 0 radical (unpaired) electrons. The molecule has 0 aliphatic carbocycles. The average molecular weight is 276 g/mol. The minimum absolute atomic E-state index is 0.0350. The Kier molecular flexibility index (Phi) is 7.85. The maximum atomic E-state index is 10.7. The van der Waals surface area contributed by atoms with Gasteiger partial charge in [0.1, 0.15) is 13.1 Å². The molecule has 1 rings (SSSR count). The summed E-state index contributed by atoms with van der Waals surface area (Å²) in [6, 6.07) is 9.96. The Morgan fingerprint density at radius 1 is 1.25 bits per heavy atom. The molecule has 1 aromatic rings. The van der Waals surface area contributed by atoms with Gasteiger partial charge in [-0.05, 0) is 11.5 Å². The highest BCUT2D eigenvalue weighted by molar-refractivity contribution is 5.50. The highest BCUT2D eigenvalue weighted by Gasteiger charge is 2.22. The number of rotatable bonds is 10. The quantitative estimate of drug-likeness (QED) is 0.283. The molecule has 110 valence electrons. The molecular weight excluding hydrogens is 252 g/mol. The molecule has 2 atom stereocenters. The molecule has 3 heteroatoms. The topological polar surface area (TPSA) is 35.5 Å². The summed E-state index contributed by atoms with van der Waals surface area (Å²) in [5.41, 5.74) is 1.12. The van der Waals surface area contributed by atoms with Gasteiger partial charge in [0.15, 0.2) is 0 Å². The number of ether oxygens (including phenoxy) is 2. The van der Waals surface area contributed by atoms with Crippen LogP contribution in [0.3, 0.4) is 0 Å². The van der Waals surface area contributed by atoms with Crippen LogP contribution in [0.25, 0.3) is 0 Å². The van der Waals surface area contributed by atoms with E-state index in [2.05, 4.69) is 20.4 Å². The normalized spacial score (nSPS) is 13.9. The molecule has 0 saturated heterocycles. The molecular formula is C17H24O3. The van der Waals surface area contributed by atoms with Gasteiger partial charge in [-0.15, -0.1) is 6.58 Å². The molecule has 0 heterocycles. The van der Waals surface area contributed by atoms with Gasteiger partial charge in [-0.25, -0.2) is 0 Å². The predicted octanol–water partition coefficient (Wildman–Crippen LogP) is 3.59. The average Bonchev–Trinajstić information content (AvgIpc) is 2.46. The third kappa shape index (κ3) is 5.68. The van der Waals surface area contributed by atoms with Gasteiger partial charge < -0.3 is 14.3 Å². The second kappa shape index (κ2) is 9.45. The first kappa shape index (κ1) is 16.6. The van der Waals surface area contributed by atoms with Crippen molar-refractivity contribution < 1.29 is 14.3 Å². The van der Waals surface area contributed by atoms with Gasteiger partial charge in [0.2, 0.25) is 0 Å². The van der Waals surface area contributed by atoms with Crippen LogP contribution in [0.1, 0.15) is 25.8 Å². The molecule has 0 unspecified atom stereocenters. The van der Waals surface area contributed by atoms with Crippen LogP contribution in [0.5, 0.6) is 0 Å². The zero-order chi connectivity index (χ0) is 14.8. The van der Waals surface area contributed by atoms with Crippen molar-refractivity contribution in [2.45, 2.75) is 33.0 Å². The van der Waals surface area contributed by atoms with Crippen molar-refractivity contribution in [3.63, 3.8) is 0 Å². The lowest BCUT2D eigenvalue weighted by Crippen LogP contribution is -2.29. The lowest BCUT2D eigenvalue weighted by Gasteiger charge is -2.27. The maximum absolute atomic E-state index is 10.7. The minimum Gasteiger partial charge on any atom is -0.351 e. The first-order valence-corrected chi connectivity index (χ1v) is 6.98. The summed E-state index contributed by atoms with van der Waals surface area (Å²) in [6.07, 6.45) is 3.09. The van der Waals surface area contributed by atoms with Gasteiger partial charge in [-0.1, -0.05) is 50.3 Å². The Hall–Kier alpha value is -1.45. The Bertz CT molecular complexity index is 386. The molecule has 0 saturated carbocycles. The van der Waals surface area contributed by atoms with Crippen molar-refractivity contribution in [2.24, 2.45) is 11.8 Å². The third-order valence-electron chi connectivity index (χ3n) is 3.21. The number of hydrogen-bond acceptors (Lipinski definition) is 3. The summed E-state index contributed by atoms with van der Waals surface area (Å²) in [5, 5.41) is 0. The summed E-state index contributed by atoms with van der Waals surface area (Å²) in [4.78, 5) is 10.7. The molecule has 0 fully saturated rings. The van der Waals surface area contributed by atoms with Crippen LogP contribution in [0.15, 0.2) is 43.0 Å². The zero-order valence-electron chi connectivity index (χ0n) is 12.3. The molecule has 20 heavy (non-hydrogen) atoms.